The summed E-state index contributed by atoms with van der Waals surface area (Å²) in [4.78, 5) is 40.9. The van der Waals surface area contributed by atoms with Crippen molar-refractivity contribution < 1.29 is 18.7 Å². The summed E-state index contributed by atoms with van der Waals surface area (Å²) < 4.78 is 19.5. The molecule has 2 N–H and O–H groups in total. The summed E-state index contributed by atoms with van der Waals surface area (Å²) in [5.74, 6) is -0.389. The average Bonchev–Trinajstić information content (AvgIpc) is 3.13. The Labute approximate surface area is 207 Å². The summed E-state index contributed by atoms with van der Waals surface area (Å²) in [7, 11) is 0. The number of aromatic nitrogens is 3. The summed E-state index contributed by atoms with van der Waals surface area (Å²) >= 11 is 1.46. The van der Waals surface area contributed by atoms with Crippen LogP contribution in [0, 0.1) is 18.2 Å². The minimum Gasteiger partial charge on any atom is -0.449 e. The summed E-state index contributed by atoms with van der Waals surface area (Å²) in [6.07, 6.45) is 2.23. The number of rotatable bonds is 6. The molecule has 35 heavy (non-hydrogen) atoms. The van der Waals surface area contributed by atoms with Crippen LogP contribution in [0.5, 0.6) is 0 Å². The van der Waals surface area contributed by atoms with Crippen LogP contribution in [0.15, 0.2) is 24.5 Å². The van der Waals surface area contributed by atoms with E-state index in [9.17, 15) is 14.0 Å². The highest BCUT2D eigenvalue weighted by Gasteiger charge is 2.35. The van der Waals surface area contributed by atoms with E-state index in [-0.39, 0.29) is 29.4 Å². The van der Waals surface area contributed by atoms with Crippen molar-refractivity contribution in [2.45, 2.75) is 46.7 Å². The molecule has 0 aromatic carbocycles. The van der Waals surface area contributed by atoms with Gasteiger partial charge in [-0.2, -0.15) is 0 Å². The number of alkyl carbamates (subject to hydrolysis) is 1. The van der Waals surface area contributed by atoms with Gasteiger partial charge in [0.1, 0.15) is 5.82 Å². The molecule has 4 rings (SSSR count). The number of thiophene rings is 1. The molecule has 186 valence electrons. The average molecular weight is 501 g/mol. The summed E-state index contributed by atoms with van der Waals surface area (Å²) in [5.41, 5.74) is 1.48. The third kappa shape index (κ3) is 6.02. The molecule has 1 aliphatic heterocycles. The van der Waals surface area contributed by atoms with Gasteiger partial charge < -0.3 is 20.3 Å². The Hall–Kier alpha value is -3.34. The number of carbonyl (C=O) groups is 2. The standard InChI is InChI=1S/C24H29FN6O3S/c1-13-6-18-20(35-13)19(30-22(29-18)27-14(2)15-7-16(25)9-26-8-15)21(32)31-10-17(11-31)28-23(33)34-12-24(3,4)5/h6-9,14,17H,10-12H2,1-5H3,(H,28,33)(H,27,29,30)/t14-/m0/s1. The highest BCUT2D eigenvalue weighted by Crippen LogP contribution is 2.30. The number of anilines is 1. The first-order chi connectivity index (χ1) is 16.5. The molecule has 11 heteroatoms. The number of aryl methyl sites for hydroxylation is 1. The molecular weight excluding hydrogens is 471 g/mol. The van der Waals surface area contributed by atoms with Gasteiger partial charge in [0, 0.05) is 24.2 Å². The fourth-order valence-corrected chi connectivity index (χ4v) is 4.51. The molecule has 1 saturated heterocycles. The van der Waals surface area contributed by atoms with E-state index in [1.54, 1.807) is 11.1 Å². The van der Waals surface area contributed by atoms with Gasteiger partial charge in [0.2, 0.25) is 5.95 Å². The van der Waals surface area contributed by atoms with E-state index in [4.69, 9.17) is 4.74 Å². The third-order valence-electron chi connectivity index (χ3n) is 5.40. The van der Waals surface area contributed by atoms with Crippen molar-refractivity contribution >= 4 is 39.5 Å². The number of ether oxygens (including phenoxy) is 1. The lowest BCUT2D eigenvalue weighted by Gasteiger charge is -2.39. The van der Waals surface area contributed by atoms with Crippen LogP contribution in [-0.2, 0) is 4.74 Å². The van der Waals surface area contributed by atoms with Gasteiger partial charge in [-0.1, -0.05) is 20.8 Å². The second kappa shape index (κ2) is 9.73. The predicted molar refractivity (Wildman–Crippen MR) is 132 cm³/mol. The lowest BCUT2D eigenvalue weighted by molar-refractivity contribution is 0.0524. The van der Waals surface area contributed by atoms with Gasteiger partial charge in [0.05, 0.1) is 35.1 Å². The molecule has 0 bridgehead atoms. The van der Waals surface area contributed by atoms with Crippen LogP contribution in [0.1, 0.15) is 54.7 Å². The van der Waals surface area contributed by atoms with Gasteiger partial charge in [-0.05, 0) is 37.0 Å². The predicted octanol–water partition coefficient (Wildman–Crippen LogP) is 4.30. The van der Waals surface area contributed by atoms with E-state index in [2.05, 4.69) is 25.6 Å². The zero-order valence-electron chi connectivity index (χ0n) is 20.4. The van der Waals surface area contributed by atoms with E-state index >= 15 is 0 Å². The molecule has 3 aromatic rings. The number of nitrogens with zero attached hydrogens (tertiary/aromatic N) is 4. The Kier molecular flexibility index (Phi) is 6.88. The van der Waals surface area contributed by atoms with Crippen molar-refractivity contribution in [3.8, 4) is 0 Å². The van der Waals surface area contributed by atoms with Gasteiger partial charge in [0.25, 0.3) is 5.91 Å². The highest BCUT2D eigenvalue weighted by atomic mass is 32.1. The maximum atomic E-state index is 13.6. The number of nitrogens with one attached hydrogen (secondary N) is 2. The highest BCUT2D eigenvalue weighted by molar-refractivity contribution is 7.19. The minimum absolute atomic E-state index is 0.120. The molecular formula is C24H29FN6O3S. The number of halogens is 1. The lowest BCUT2D eigenvalue weighted by atomic mass is 9.99. The first-order valence-electron chi connectivity index (χ1n) is 11.4. The van der Waals surface area contributed by atoms with Crippen LogP contribution >= 0.6 is 11.3 Å². The smallest absolute Gasteiger partial charge is 0.407 e. The largest absolute Gasteiger partial charge is 0.449 e. The van der Waals surface area contributed by atoms with Gasteiger partial charge in [-0.15, -0.1) is 11.3 Å². The molecule has 3 aromatic heterocycles. The van der Waals surface area contributed by atoms with Crippen LogP contribution in [-0.4, -0.2) is 57.6 Å². The summed E-state index contributed by atoms with van der Waals surface area (Å²) in [6, 6.07) is 2.80. The second-order valence-corrected chi connectivity index (χ2v) is 11.2. The molecule has 9 nitrogen and oxygen atoms in total. The quantitative estimate of drug-likeness (QED) is 0.519. The SMILES string of the molecule is Cc1cc2nc(N[C@@H](C)c3cncc(F)c3)nc(C(=O)N3CC(NC(=O)OCC(C)(C)C)C3)c2s1. The van der Waals surface area contributed by atoms with Crippen molar-refractivity contribution in [2.75, 3.05) is 25.0 Å². The summed E-state index contributed by atoms with van der Waals surface area (Å²) in [6.45, 7) is 10.8. The third-order valence-corrected chi connectivity index (χ3v) is 6.44. The van der Waals surface area contributed by atoms with Crippen LogP contribution < -0.4 is 10.6 Å². The molecule has 0 radical (unpaired) electrons. The lowest BCUT2D eigenvalue weighted by Crippen LogP contribution is -2.61. The van der Waals surface area contributed by atoms with E-state index in [1.807, 2.05) is 40.7 Å². The molecule has 4 heterocycles. The molecule has 0 saturated carbocycles. The molecule has 0 spiro atoms. The number of fused-ring (bicyclic) bond motifs is 1. The zero-order chi connectivity index (χ0) is 25.3. The maximum Gasteiger partial charge on any atom is 0.407 e. The first-order valence-corrected chi connectivity index (χ1v) is 12.2. The van der Waals surface area contributed by atoms with Gasteiger partial charge in [0.15, 0.2) is 5.69 Å². The van der Waals surface area contributed by atoms with Gasteiger partial charge in [-0.3, -0.25) is 9.78 Å². The molecule has 0 unspecified atom stereocenters. The molecule has 1 aliphatic rings. The number of pyridine rings is 1. The van der Waals surface area contributed by atoms with E-state index in [1.165, 1.54) is 17.4 Å². The van der Waals surface area contributed by atoms with Crippen molar-refractivity contribution in [3.05, 3.63) is 46.5 Å². The van der Waals surface area contributed by atoms with Crippen LogP contribution in [0.2, 0.25) is 0 Å². The monoisotopic (exact) mass is 500 g/mol. The first kappa shape index (κ1) is 24.8. The topological polar surface area (TPSA) is 109 Å². The maximum absolute atomic E-state index is 13.6. The summed E-state index contributed by atoms with van der Waals surface area (Å²) in [5, 5.41) is 5.94. The van der Waals surface area contributed by atoms with Crippen LogP contribution in [0.3, 0.4) is 0 Å². The number of hydrogen-bond acceptors (Lipinski definition) is 8. The minimum atomic E-state index is -0.484. The van der Waals surface area contributed by atoms with Crippen molar-refractivity contribution in [1.29, 1.82) is 0 Å². The molecule has 2 amide bonds. The Morgan fingerprint density at radius 2 is 2.00 bits per heavy atom. The fraction of sp³-hybridized carbons (Fsp3) is 0.458. The Bertz CT molecular complexity index is 1250. The molecule has 0 aliphatic carbocycles. The Morgan fingerprint density at radius 3 is 2.69 bits per heavy atom. The Balaban J connectivity index is 1.46. The normalized spacial score (nSPS) is 15.0. The number of hydrogen-bond donors (Lipinski definition) is 2. The van der Waals surface area contributed by atoms with Gasteiger partial charge >= 0.3 is 6.09 Å². The van der Waals surface area contributed by atoms with E-state index in [0.29, 0.717) is 41.2 Å². The van der Waals surface area contributed by atoms with E-state index in [0.717, 1.165) is 11.1 Å². The fourth-order valence-electron chi connectivity index (χ4n) is 3.58. The van der Waals surface area contributed by atoms with Crippen LogP contribution in [0.25, 0.3) is 10.2 Å². The number of amides is 2. The second-order valence-electron chi connectivity index (χ2n) is 9.96. The van der Waals surface area contributed by atoms with Crippen molar-refractivity contribution in [1.82, 2.24) is 25.2 Å². The number of carbonyl (C=O) groups excluding carboxylic acids is 2. The Morgan fingerprint density at radius 1 is 1.26 bits per heavy atom. The number of likely N-dealkylation sites (tertiary alicyclic amines) is 1. The van der Waals surface area contributed by atoms with Crippen molar-refractivity contribution in [3.63, 3.8) is 0 Å². The van der Waals surface area contributed by atoms with Gasteiger partial charge in [-0.25, -0.2) is 19.2 Å². The van der Waals surface area contributed by atoms with Crippen molar-refractivity contribution in [2.24, 2.45) is 5.41 Å². The van der Waals surface area contributed by atoms with E-state index < -0.39 is 11.9 Å². The molecule has 1 atom stereocenters. The molecule has 1 fully saturated rings. The zero-order valence-corrected chi connectivity index (χ0v) is 21.2. The van der Waals surface area contributed by atoms with Crippen LogP contribution in [0.4, 0.5) is 15.1 Å².